The second-order valence-corrected chi connectivity index (χ2v) is 3.11. The van der Waals surface area contributed by atoms with Crippen LogP contribution in [0.25, 0.3) is 16.8 Å². The van der Waals surface area contributed by atoms with Gasteiger partial charge in [0.25, 0.3) is 0 Å². The molecule has 15 heavy (non-hydrogen) atoms. The minimum absolute atomic E-state index is 0.136. The minimum Gasteiger partial charge on any atom is -0.477 e. The summed E-state index contributed by atoms with van der Waals surface area (Å²) >= 11 is 0. The molecule has 2 N–H and O–H groups in total. The van der Waals surface area contributed by atoms with Gasteiger partial charge >= 0.3 is 5.97 Å². The summed E-state index contributed by atoms with van der Waals surface area (Å²) in [4.78, 5) is 22.0. The molecule has 3 aromatic rings. The molecule has 3 heterocycles. The third-order valence-corrected chi connectivity index (χ3v) is 2.26. The fraction of sp³-hybridized carbons (Fsp3) is 0. The number of rotatable bonds is 1. The molecule has 0 bridgehead atoms. The van der Waals surface area contributed by atoms with Crippen molar-refractivity contribution in [2.75, 3.05) is 0 Å². The molecule has 6 heteroatoms. The summed E-state index contributed by atoms with van der Waals surface area (Å²) in [5, 5.41) is 8.98. The average Bonchev–Trinajstić information content (AvgIpc) is 2.82. The monoisotopic (exact) mass is 202 g/mol. The van der Waals surface area contributed by atoms with Gasteiger partial charge in [-0.05, 0) is 6.07 Å². The number of aromatic amines is 1. The number of carbonyl (C=O) groups is 1. The number of hydrogen-bond acceptors (Lipinski definition) is 3. The first kappa shape index (κ1) is 7.98. The molecule has 3 aromatic heterocycles. The molecule has 74 valence electrons. The van der Waals surface area contributed by atoms with Crippen LogP contribution in [0.4, 0.5) is 0 Å². The Balaban J connectivity index is 2.57. The van der Waals surface area contributed by atoms with Gasteiger partial charge < -0.3 is 10.1 Å². The number of aromatic nitrogens is 4. The highest BCUT2D eigenvalue weighted by molar-refractivity contribution is 5.89. The lowest BCUT2D eigenvalue weighted by Crippen LogP contribution is -2.02. The molecular formula is C9H6N4O2. The van der Waals surface area contributed by atoms with Crippen molar-refractivity contribution >= 4 is 22.8 Å². The molecule has 0 radical (unpaired) electrons. The van der Waals surface area contributed by atoms with Crippen LogP contribution in [0.15, 0.2) is 24.7 Å². The molecule has 0 atom stereocenters. The normalized spacial score (nSPS) is 11.2. The summed E-state index contributed by atoms with van der Waals surface area (Å²) in [6.45, 7) is 0. The highest BCUT2D eigenvalue weighted by atomic mass is 16.4. The van der Waals surface area contributed by atoms with Crippen LogP contribution >= 0.6 is 0 Å². The maximum absolute atomic E-state index is 11.0. The van der Waals surface area contributed by atoms with Crippen LogP contribution in [-0.4, -0.2) is 30.4 Å². The van der Waals surface area contributed by atoms with E-state index in [9.17, 15) is 4.79 Å². The number of carboxylic acid groups (broad SMARTS) is 1. The highest BCUT2D eigenvalue weighted by Crippen LogP contribution is 2.14. The van der Waals surface area contributed by atoms with E-state index in [0.29, 0.717) is 16.8 Å². The number of H-pyrrole nitrogens is 1. The van der Waals surface area contributed by atoms with E-state index in [0.717, 1.165) is 0 Å². The fourth-order valence-electron chi connectivity index (χ4n) is 1.62. The van der Waals surface area contributed by atoms with Crippen molar-refractivity contribution in [3.63, 3.8) is 0 Å². The zero-order valence-electron chi connectivity index (χ0n) is 7.51. The SMILES string of the molecule is O=C(O)c1cnc2cnc3[nH]ccc3n12. The Morgan fingerprint density at radius 2 is 2.27 bits per heavy atom. The van der Waals surface area contributed by atoms with Gasteiger partial charge in [0, 0.05) is 6.20 Å². The fourth-order valence-corrected chi connectivity index (χ4v) is 1.62. The Kier molecular flexibility index (Phi) is 1.37. The third kappa shape index (κ3) is 0.954. The van der Waals surface area contributed by atoms with E-state index >= 15 is 0 Å². The quantitative estimate of drug-likeness (QED) is 0.614. The van der Waals surface area contributed by atoms with E-state index in [4.69, 9.17) is 5.11 Å². The van der Waals surface area contributed by atoms with Gasteiger partial charge in [0.1, 0.15) is 0 Å². The smallest absolute Gasteiger partial charge is 0.354 e. The van der Waals surface area contributed by atoms with Gasteiger partial charge in [-0.25, -0.2) is 14.8 Å². The lowest BCUT2D eigenvalue weighted by molar-refractivity contribution is 0.0690. The largest absolute Gasteiger partial charge is 0.477 e. The molecule has 0 aromatic carbocycles. The summed E-state index contributed by atoms with van der Waals surface area (Å²) in [5.74, 6) is -1.00. The van der Waals surface area contributed by atoms with E-state index in [2.05, 4.69) is 15.0 Å². The van der Waals surface area contributed by atoms with E-state index in [-0.39, 0.29) is 5.69 Å². The van der Waals surface area contributed by atoms with Gasteiger partial charge in [0.15, 0.2) is 17.0 Å². The first-order chi connectivity index (χ1) is 7.27. The number of nitrogens with one attached hydrogen (secondary N) is 1. The van der Waals surface area contributed by atoms with Gasteiger partial charge in [-0.2, -0.15) is 0 Å². The average molecular weight is 202 g/mol. The first-order valence-electron chi connectivity index (χ1n) is 4.30. The predicted molar refractivity (Wildman–Crippen MR) is 51.8 cm³/mol. The Hall–Kier alpha value is -2.37. The summed E-state index contributed by atoms with van der Waals surface area (Å²) in [5.41, 5.74) is 2.02. The lowest BCUT2D eigenvalue weighted by Gasteiger charge is -1.98. The molecule has 0 aliphatic carbocycles. The van der Waals surface area contributed by atoms with Gasteiger partial charge in [-0.15, -0.1) is 0 Å². The maximum Gasteiger partial charge on any atom is 0.354 e. The molecule has 0 amide bonds. The van der Waals surface area contributed by atoms with Gasteiger partial charge in [-0.3, -0.25) is 4.40 Å². The number of carboxylic acids is 1. The number of fused-ring (bicyclic) bond motifs is 3. The van der Waals surface area contributed by atoms with Crippen molar-refractivity contribution in [1.29, 1.82) is 0 Å². The number of imidazole rings is 1. The molecule has 0 saturated heterocycles. The molecule has 3 rings (SSSR count). The number of nitrogens with zero attached hydrogens (tertiary/aromatic N) is 3. The molecule has 0 aliphatic rings. The highest BCUT2D eigenvalue weighted by Gasteiger charge is 2.13. The molecule has 0 fully saturated rings. The predicted octanol–water partition coefficient (Wildman–Crippen LogP) is 0.909. The van der Waals surface area contributed by atoms with E-state index in [1.807, 2.05) is 0 Å². The molecule has 0 saturated carbocycles. The minimum atomic E-state index is -1.00. The summed E-state index contributed by atoms with van der Waals surface area (Å²) < 4.78 is 1.56. The summed E-state index contributed by atoms with van der Waals surface area (Å²) in [6.07, 6.45) is 4.57. The topological polar surface area (TPSA) is 83.3 Å². The maximum atomic E-state index is 11.0. The first-order valence-corrected chi connectivity index (χ1v) is 4.30. The molecule has 0 aliphatic heterocycles. The Morgan fingerprint density at radius 1 is 1.40 bits per heavy atom. The summed E-state index contributed by atoms with van der Waals surface area (Å²) in [7, 11) is 0. The van der Waals surface area contributed by atoms with Gasteiger partial charge in [0.05, 0.1) is 17.9 Å². The van der Waals surface area contributed by atoms with E-state index in [1.54, 1.807) is 16.7 Å². The third-order valence-electron chi connectivity index (χ3n) is 2.26. The van der Waals surface area contributed by atoms with Gasteiger partial charge in [0.2, 0.25) is 0 Å². The molecule has 6 nitrogen and oxygen atoms in total. The van der Waals surface area contributed by atoms with Crippen molar-refractivity contribution in [2.24, 2.45) is 0 Å². The molecule has 0 unspecified atom stereocenters. The lowest BCUT2D eigenvalue weighted by atomic mass is 10.4. The van der Waals surface area contributed by atoms with Crippen molar-refractivity contribution in [2.45, 2.75) is 0 Å². The number of aromatic carboxylic acids is 1. The van der Waals surface area contributed by atoms with Crippen molar-refractivity contribution in [3.05, 3.63) is 30.4 Å². The Bertz CT molecular complexity index is 667. The van der Waals surface area contributed by atoms with E-state index < -0.39 is 5.97 Å². The van der Waals surface area contributed by atoms with E-state index in [1.165, 1.54) is 12.4 Å². The van der Waals surface area contributed by atoms with Crippen LogP contribution in [-0.2, 0) is 0 Å². The number of hydrogen-bond donors (Lipinski definition) is 2. The van der Waals surface area contributed by atoms with Crippen LogP contribution in [0.5, 0.6) is 0 Å². The van der Waals surface area contributed by atoms with Crippen molar-refractivity contribution < 1.29 is 9.90 Å². The zero-order chi connectivity index (χ0) is 10.4. The molecular weight excluding hydrogens is 196 g/mol. The second-order valence-electron chi connectivity index (χ2n) is 3.11. The van der Waals surface area contributed by atoms with Gasteiger partial charge in [-0.1, -0.05) is 0 Å². The Morgan fingerprint density at radius 3 is 3.07 bits per heavy atom. The standard InChI is InChI=1S/C9H6N4O2/c14-9(15)6-3-11-7-4-12-8-5(13(6)7)1-2-10-8/h1-4,10H,(H,14,15). The second kappa shape index (κ2) is 2.57. The van der Waals surface area contributed by atoms with Crippen molar-refractivity contribution in [1.82, 2.24) is 19.4 Å². The van der Waals surface area contributed by atoms with Crippen LogP contribution in [0.3, 0.4) is 0 Å². The van der Waals surface area contributed by atoms with Crippen LogP contribution in [0, 0.1) is 0 Å². The van der Waals surface area contributed by atoms with Crippen molar-refractivity contribution in [3.8, 4) is 0 Å². The zero-order valence-corrected chi connectivity index (χ0v) is 7.51. The van der Waals surface area contributed by atoms with Crippen LogP contribution in [0.2, 0.25) is 0 Å². The Labute approximate surface area is 83.2 Å². The summed E-state index contributed by atoms with van der Waals surface area (Å²) in [6, 6.07) is 1.77. The van der Waals surface area contributed by atoms with Crippen LogP contribution < -0.4 is 0 Å². The molecule has 0 spiro atoms. The van der Waals surface area contributed by atoms with Crippen LogP contribution in [0.1, 0.15) is 10.5 Å².